The summed E-state index contributed by atoms with van der Waals surface area (Å²) < 4.78 is 18.2. The second-order valence-corrected chi connectivity index (χ2v) is 7.48. The number of carbonyl (C=O) groups is 2. The molecule has 2 heterocycles. The lowest BCUT2D eigenvalue weighted by Crippen LogP contribution is -2.15. The first-order valence-corrected chi connectivity index (χ1v) is 10.3. The fraction of sp³-hybridized carbons (Fsp3) is 0.174. The minimum atomic E-state index is -0.430. The maximum Gasteiger partial charge on any atom is 0.338 e. The summed E-state index contributed by atoms with van der Waals surface area (Å²) in [5, 5.41) is 0. The van der Waals surface area contributed by atoms with Crippen LogP contribution in [0.15, 0.2) is 47.5 Å². The van der Waals surface area contributed by atoms with Crippen LogP contribution in [0.3, 0.4) is 0 Å². The monoisotopic (exact) mass is 434 g/mol. The number of hydrogen-bond acceptors (Lipinski definition) is 6. The Morgan fingerprint density at radius 3 is 2.90 bits per heavy atom. The maximum absolute atomic E-state index is 12.5. The smallest absolute Gasteiger partial charge is 0.338 e. The highest BCUT2D eigenvalue weighted by molar-refractivity contribution is 7.16. The van der Waals surface area contributed by atoms with E-state index in [1.165, 1.54) is 17.4 Å². The Bertz CT molecular complexity index is 1310. The van der Waals surface area contributed by atoms with Gasteiger partial charge in [-0.3, -0.25) is 4.79 Å². The van der Waals surface area contributed by atoms with Gasteiger partial charge in [0.1, 0.15) is 0 Å². The van der Waals surface area contributed by atoms with Crippen LogP contribution in [0.5, 0.6) is 11.5 Å². The molecule has 0 aliphatic carbocycles. The molecular weight excluding hydrogens is 416 g/mol. The van der Waals surface area contributed by atoms with Crippen molar-refractivity contribution in [3.05, 3.63) is 58.4 Å². The van der Waals surface area contributed by atoms with E-state index in [-0.39, 0.29) is 13.3 Å². The Morgan fingerprint density at radius 2 is 2.10 bits per heavy atom. The van der Waals surface area contributed by atoms with Gasteiger partial charge >= 0.3 is 5.97 Å². The van der Waals surface area contributed by atoms with Gasteiger partial charge in [-0.25, -0.2) is 4.79 Å². The SMILES string of the molecule is C#CCn1c(=NC(=O)C=Cc2ccc3c(c2)OCO3)sc2cc(C(=O)OCC)ccc21. The third kappa shape index (κ3) is 4.37. The largest absolute Gasteiger partial charge is 0.462 e. The lowest BCUT2D eigenvalue weighted by Gasteiger charge is -2.03. The van der Waals surface area contributed by atoms with Gasteiger partial charge in [-0.15, -0.1) is 6.42 Å². The van der Waals surface area contributed by atoms with Crippen LogP contribution in [0.2, 0.25) is 0 Å². The van der Waals surface area contributed by atoms with Crippen LogP contribution in [-0.4, -0.2) is 29.8 Å². The number of benzene rings is 2. The number of nitrogens with zero attached hydrogens (tertiary/aromatic N) is 2. The van der Waals surface area contributed by atoms with Crippen LogP contribution < -0.4 is 14.3 Å². The molecule has 1 aromatic heterocycles. The molecule has 0 spiro atoms. The zero-order valence-corrected chi connectivity index (χ0v) is 17.5. The molecule has 1 aliphatic heterocycles. The van der Waals surface area contributed by atoms with E-state index >= 15 is 0 Å². The second-order valence-electron chi connectivity index (χ2n) is 6.47. The van der Waals surface area contributed by atoms with Gasteiger partial charge in [-0.1, -0.05) is 23.3 Å². The molecule has 0 radical (unpaired) electrons. The first-order chi connectivity index (χ1) is 15.1. The number of ether oxygens (including phenoxy) is 3. The summed E-state index contributed by atoms with van der Waals surface area (Å²) in [5.74, 6) is 3.06. The fourth-order valence-electron chi connectivity index (χ4n) is 3.06. The van der Waals surface area contributed by atoms with E-state index in [0.717, 1.165) is 15.8 Å². The Hall–Kier alpha value is -3.83. The minimum absolute atomic E-state index is 0.190. The summed E-state index contributed by atoms with van der Waals surface area (Å²) in [7, 11) is 0. The zero-order valence-electron chi connectivity index (χ0n) is 16.7. The Morgan fingerprint density at radius 1 is 1.26 bits per heavy atom. The minimum Gasteiger partial charge on any atom is -0.462 e. The quantitative estimate of drug-likeness (QED) is 0.349. The highest BCUT2D eigenvalue weighted by Crippen LogP contribution is 2.32. The van der Waals surface area contributed by atoms with Crippen molar-refractivity contribution in [2.45, 2.75) is 13.5 Å². The topological polar surface area (TPSA) is 79.1 Å². The van der Waals surface area contributed by atoms with Gasteiger partial charge in [-0.05, 0) is 48.9 Å². The van der Waals surface area contributed by atoms with E-state index in [2.05, 4.69) is 10.9 Å². The molecule has 8 heteroatoms. The average Bonchev–Trinajstić information content (AvgIpc) is 3.36. The van der Waals surface area contributed by atoms with Crippen LogP contribution in [0.25, 0.3) is 16.3 Å². The van der Waals surface area contributed by atoms with E-state index in [1.807, 2.05) is 6.07 Å². The summed E-state index contributed by atoms with van der Waals surface area (Å²) in [6.45, 7) is 2.48. The number of aromatic nitrogens is 1. The Labute approximate surface area is 182 Å². The number of carbonyl (C=O) groups excluding carboxylic acids is 2. The van der Waals surface area contributed by atoms with Crippen molar-refractivity contribution in [3.8, 4) is 23.8 Å². The van der Waals surface area contributed by atoms with Crippen LogP contribution in [0.4, 0.5) is 0 Å². The average molecular weight is 434 g/mol. The van der Waals surface area contributed by atoms with E-state index in [4.69, 9.17) is 20.6 Å². The molecule has 4 rings (SSSR count). The second kappa shape index (κ2) is 8.90. The van der Waals surface area contributed by atoms with Crippen molar-refractivity contribution in [2.24, 2.45) is 4.99 Å². The molecule has 0 N–H and O–H groups in total. The summed E-state index contributed by atoms with van der Waals surface area (Å²) in [4.78, 5) is 29.1. The van der Waals surface area contributed by atoms with Crippen molar-refractivity contribution >= 4 is 39.5 Å². The molecule has 1 aliphatic rings. The van der Waals surface area contributed by atoms with Gasteiger partial charge in [0.25, 0.3) is 5.91 Å². The van der Waals surface area contributed by atoms with Gasteiger partial charge in [-0.2, -0.15) is 4.99 Å². The molecule has 0 saturated carbocycles. The van der Waals surface area contributed by atoms with E-state index in [1.54, 1.807) is 47.9 Å². The summed E-state index contributed by atoms with van der Waals surface area (Å²) in [6, 6.07) is 10.6. The summed E-state index contributed by atoms with van der Waals surface area (Å²) >= 11 is 1.28. The molecule has 0 unspecified atom stereocenters. The van der Waals surface area contributed by atoms with Crippen LogP contribution in [0, 0.1) is 12.3 Å². The standard InChI is InChI=1S/C23H18N2O5S/c1-3-11-25-17-8-7-16(22(27)28-4-2)13-20(17)31-23(25)24-21(26)10-6-15-5-9-18-19(12-15)30-14-29-18/h1,5-10,12-13H,4,11,14H2,2H3. The zero-order chi connectivity index (χ0) is 21.8. The molecule has 31 heavy (non-hydrogen) atoms. The van der Waals surface area contributed by atoms with Crippen molar-refractivity contribution < 1.29 is 23.8 Å². The van der Waals surface area contributed by atoms with Crippen molar-refractivity contribution in [1.29, 1.82) is 0 Å². The predicted octanol–water partition coefficient (Wildman–Crippen LogP) is 3.38. The summed E-state index contributed by atoms with van der Waals surface area (Å²) in [6.07, 6.45) is 8.54. The van der Waals surface area contributed by atoms with Crippen molar-refractivity contribution in [2.75, 3.05) is 13.4 Å². The lowest BCUT2D eigenvalue weighted by atomic mass is 10.2. The van der Waals surface area contributed by atoms with E-state index < -0.39 is 11.9 Å². The molecule has 1 amide bonds. The fourth-order valence-corrected chi connectivity index (χ4v) is 4.13. The number of terminal acetylenes is 1. The van der Waals surface area contributed by atoms with Crippen molar-refractivity contribution in [3.63, 3.8) is 0 Å². The van der Waals surface area contributed by atoms with Crippen LogP contribution in [0.1, 0.15) is 22.8 Å². The molecule has 156 valence electrons. The normalized spacial score (nSPS) is 13.0. The molecule has 0 bridgehead atoms. The van der Waals surface area contributed by atoms with Crippen LogP contribution >= 0.6 is 11.3 Å². The first-order valence-electron chi connectivity index (χ1n) is 9.49. The third-order valence-electron chi connectivity index (χ3n) is 4.46. The van der Waals surface area contributed by atoms with Gasteiger partial charge in [0, 0.05) is 6.08 Å². The molecule has 7 nitrogen and oxygen atoms in total. The molecule has 0 atom stereocenters. The Balaban J connectivity index is 1.65. The third-order valence-corrected chi connectivity index (χ3v) is 5.51. The number of thiazole rings is 1. The van der Waals surface area contributed by atoms with Crippen LogP contribution in [-0.2, 0) is 16.1 Å². The van der Waals surface area contributed by atoms with Crippen molar-refractivity contribution in [1.82, 2.24) is 4.57 Å². The highest BCUT2D eigenvalue weighted by Gasteiger charge is 2.13. The first kappa shape index (κ1) is 20.4. The number of esters is 1. The van der Waals surface area contributed by atoms with Gasteiger partial charge in [0.2, 0.25) is 6.79 Å². The molecule has 0 fully saturated rings. The summed E-state index contributed by atoms with van der Waals surface area (Å²) in [5.41, 5.74) is 2.02. The molecule has 0 saturated heterocycles. The van der Waals surface area contributed by atoms with E-state index in [9.17, 15) is 9.59 Å². The number of amides is 1. The van der Waals surface area contributed by atoms with Gasteiger partial charge < -0.3 is 18.8 Å². The number of fused-ring (bicyclic) bond motifs is 2. The van der Waals surface area contributed by atoms with E-state index in [0.29, 0.717) is 28.5 Å². The lowest BCUT2D eigenvalue weighted by molar-refractivity contribution is -0.113. The molecule has 3 aromatic rings. The number of hydrogen-bond donors (Lipinski definition) is 0. The van der Waals surface area contributed by atoms with Gasteiger partial charge in [0.15, 0.2) is 16.3 Å². The Kier molecular flexibility index (Phi) is 5.87. The maximum atomic E-state index is 12.5. The molecule has 2 aromatic carbocycles. The number of rotatable bonds is 5. The predicted molar refractivity (Wildman–Crippen MR) is 117 cm³/mol. The molecular formula is C23H18N2O5S. The van der Waals surface area contributed by atoms with Gasteiger partial charge in [0.05, 0.1) is 28.9 Å². The highest BCUT2D eigenvalue weighted by atomic mass is 32.1.